The lowest BCUT2D eigenvalue weighted by atomic mass is 10.2. The Morgan fingerprint density at radius 3 is 3.24 bits per heavy atom. The van der Waals surface area contributed by atoms with Crippen molar-refractivity contribution in [2.24, 2.45) is 0 Å². The number of aromatic nitrogens is 1. The monoisotopic (exact) mass is 237 g/mol. The first-order valence-corrected chi connectivity index (χ1v) is 5.46. The van der Waals surface area contributed by atoms with Crippen molar-refractivity contribution in [1.29, 1.82) is 0 Å². The van der Waals surface area contributed by atoms with E-state index in [0.717, 1.165) is 10.5 Å². The van der Waals surface area contributed by atoms with E-state index in [4.69, 9.17) is 8.85 Å². The summed E-state index contributed by atoms with van der Waals surface area (Å²) in [6.07, 6.45) is 6.61. The number of rotatable bonds is 5. The van der Waals surface area contributed by atoms with Crippen molar-refractivity contribution in [3.05, 3.63) is 36.2 Å². The molecule has 1 aromatic heterocycles. The number of carbonyl (C=O) groups excluding carboxylic acids is 1. The minimum absolute atomic E-state index is 0.0755. The predicted molar refractivity (Wildman–Crippen MR) is 67.5 cm³/mol. The molecular weight excluding hydrogens is 216 g/mol. The maximum atomic E-state index is 11.6. The summed E-state index contributed by atoms with van der Waals surface area (Å²) in [5.41, 5.74) is 0.920. The number of amides is 1. The van der Waals surface area contributed by atoms with Gasteiger partial charge in [-0.25, -0.2) is 4.79 Å². The van der Waals surface area contributed by atoms with Crippen molar-refractivity contribution < 1.29 is 13.6 Å². The molecule has 0 saturated carbocycles. The molecule has 1 rings (SSSR count). The fourth-order valence-corrected chi connectivity index (χ4v) is 1.19. The Balaban J connectivity index is 2.55. The number of pyridine rings is 1. The summed E-state index contributed by atoms with van der Waals surface area (Å²) in [6, 6.07) is 3.70. The SMILES string of the molecule is [2H]C([2H])([2H])N(CC/C=C/c1cccnc1)C(=O)OCC. The largest absolute Gasteiger partial charge is 0.450 e. The molecule has 0 aromatic carbocycles. The second-order valence-corrected chi connectivity index (χ2v) is 3.33. The van der Waals surface area contributed by atoms with Crippen molar-refractivity contribution in [3.8, 4) is 0 Å². The molecule has 0 unspecified atom stereocenters. The van der Waals surface area contributed by atoms with Crippen LogP contribution in [0.5, 0.6) is 0 Å². The van der Waals surface area contributed by atoms with Gasteiger partial charge in [-0.3, -0.25) is 4.98 Å². The molecule has 0 atom stereocenters. The van der Waals surface area contributed by atoms with Crippen LogP contribution in [0, 0.1) is 0 Å². The molecular formula is C13H18N2O2. The van der Waals surface area contributed by atoms with Crippen LogP contribution in [-0.2, 0) is 4.74 Å². The van der Waals surface area contributed by atoms with E-state index in [1.807, 2.05) is 18.2 Å². The molecule has 0 bridgehead atoms. The molecule has 0 aliphatic rings. The van der Waals surface area contributed by atoms with Crippen LogP contribution in [0.2, 0.25) is 0 Å². The maximum Gasteiger partial charge on any atom is 0.409 e. The van der Waals surface area contributed by atoms with Crippen LogP contribution < -0.4 is 0 Å². The third kappa shape index (κ3) is 5.15. The van der Waals surface area contributed by atoms with E-state index in [2.05, 4.69) is 4.98 Å². The van der Waals surface area contributed by atoms with Crippen molar-refractivity contribution in [1.82, 2.24) is 9.88 Å². The Kier molecular flexibility index (Phi) is 4.03. The fourth-order valence-electron chi connectivity index (χ4n) is 1.19. The van der Waals surface area contributed by atoms with Crippen molar-refractivity contribution in [3.63, 3.8) is 0 Å². The first-order valence-electron chi connectivity index (χ1n) is 6.96. The molecule has 17 heavy (non-hydrogen) atoms. The van der Waals surface area contributed by atoms with Gasteiger partial charge in [0.15, 0.2) is 0 Å². The molecule has 4 heteroatoms. The van der Waals surface area contributed by atoms with Gasteiger partial charge in [0.25, 0.3) is 0 Å². The molecule has 1 amide bonds. The predicted octanol–water partition coefficient (Wildman–Crippen LogP) is 2.57. The zero-order valence-corrected chi connectivity index (χ0v) is 9.80. The van der Waals surface area contributed by atoms with Crippen molar-refractivity contribution >= 4 is 12.2 Å². The molecule has 92 valence electrons. The minimum Gasteiger partial charge on any atom is -0.450 e. The standard InChI is InChI=1S/C13H18N2O2/c1-3-17-13(16)15(2)10-5-4-7-12-8-6-9-14-11-12/h4,6-9,11H,3,5,10H2,1-2H3/b7-4+/i2D3. The van der Waals surface area contributed by atoms with E-state index >= 15 is 0 Å². The van der Waals surface area contributed by atoms with E-state index in [0.29, 0.717) is 6.42 Å². The van der Waals surface area contributed by atoms with Gasteiger partial charge in [-0.2, -0.15) is 0 Å². The fraction of sp³-hybridized carbons (Fsp3) is 0.385. The van der Waals surface area contributed by atoms with Crippen LogP contribution in [0.3, 0.4) is 0 Å². The van der Waals surface area contributed by atoms with Crippen LogP contribution in [0.1, 0.15) is 23.0 Å². The van der Waals surface area contributed by atoms with Crippen LogP contribution >= 0.6 is 0 Å². The lowest BCUT2D eigenvalue weighted by molar-refractivity contribution is 0.117. The van der Waals surface area contributed by atoms with Gasteiger partial charge in [-0.05, 0) is 25.0 Å². The quantitative estimate of drug-likeness (QED) is 0.790. The van der Waals surface area contributed by atoms with E-state index in [1.165, 1.54) is 0 Å². The van der Waals surface area contributed by atoms with Crippen molar-refractivity contribution in [2.75, 3.05) is 20.1 Å². The second-order valence-electron chi connectivity index (χ2n) is 3.33. The van der Waals surface area contributed by atoms with E-state index in [9.17, 15) is 4.79 Å². The van der Waals surface area contributed by atoms with Crippen LogP contribution in [0.4, 0.5) is 4.79 Å². The highest BCUT2D eigenvalue weighted by Crippen LogP contribution is 2.00. The van der Waals surface area contributed by atoms with Crippen LogP contribution in [0.15, 0.2) is 30.6 Å². The van der Waals surface area contributed by atoms with Gasteiger partial charge in [0.1, 0.15) is 0 Å². The normalized spacial score (nSPS) is 13.8. The van der Waals surface area contributed by atoms with Gasteiger partial charge in [-0.1, -0.05) is 18.2 Å². The molecule has 0 aliphatic heterocycles. The first kappa shape index (κ1) is 9.22. The molecule has 0 saturated heterocycles. The van der Waals surface area contributed by atoms with Gasteiger partial charge in [-0.15, -0.1) is 0 Å². The van der Waals surface area contributed by atoms with Crippen molar-refractivity contribution in [2.45, 2.75) is 13.3 Å². The third-order valence-corrected chi connectivity index (χ3v) is 2.00. The molecule has 1 heterocycles. The Bertz CT molecular complexity index is 447. The van der Waals surface area contributed by atoms with Gasteiger partial charge in [0.05, 0.1) is 6.61 Å². The van der Waals surface area contributed by atoms with Gasteiger partial charge in [0, 0.05) is 30.0 Å². The lowest BCUT2D eigenvalue weighted by Gasteiger charge is -2.14. The second kappa shape index (κ2) is 7.44. The molecule has 0 spiro atoms. The number of carbonyl (C=O) groups is 1. The number of ether oxygens (including phenoxy) is 1. The van der Waals surface area contributed by atoms with E-state index < -0.39 is 13.1 Å². The summed E-state index contributed by atoms with van der Waals surface area (Å²) in [4.78, 5) is 16.3. The zero-order valence-electron chi connectivity index (χ0n) is 12.8. The first-order chi connectivity index (χ1) is 9.45. The Morgan fingerprint density at radius 2 is 2.59 bits per heavy atom. The van der Waals surface area contributed by atoms with Gasteiger partial charge < -0.3 is 9.64 Å². The summed E-state index contributed by atoms with van der Waals surface area (Å²) < 4.78 is 26.7. The Labute approximate surface area is 106 Å². The molecule has 0 fully saturated rings. The number of hydrogen-bond acceptors (Lipinski definition) is 3. The van der Waals surface area contributed by atoms with Crippen LogP contribution in [-0.4, -0.2) is 36.1 Å². The van der Waals surface area contributed by atoms with Gasteiger partial charge >= 0.3 is 6.09 Å². The molecule has 0 radical (unpaired) electrons. The Morgan fingerprint density at radius 1 is 1.71 bits per heavy atom. The summed E-state index contributed by atoms with van der Waals surface area (Å²) >= 11 is 0. The van der Waals surface area contributed by atoms with E-state index in [1.54, 1.807) is 25.4 Å². The third-order valence-electron chi connectivity index (χ3n) is 2.00. The van der Waals surface area contributed by atoms with Crippen LogP contribution in [0.25, 0.3) is 6.08 Å². The summed E-state index contributed by atoms with van der Waals surface area (Å²) in [7, 11) is 0. The highest BCUT2D eigenvalue weighted by atomic mass is 16.5. The van der Waals surface area contributed by atoms with Gasteiger partial charge in [0.2, 0.25) is 0 Å². The zero-order chi connectivity index (χ0) is 15.0. The topological polar surface area (TPSA) is 42.4 Å². The molecule has 1 aromatic rings. The summed E-state index contributed by atoms with van der Waals surface area (Å²) in [5.74, 6) is 0. The minimum atomic E-state index is -2.49. The average Bonchev–Trinajstić information content (AvgIpc) is 2.38. The number of nitrogens with zero attached hydrogens (tertiary/aromatic N) is 2. The molecule has 4 nitrogen and oxygen atoms in total. The number of hydrogen-bond donors (Lipinski definition) is 0. The van der Waals surface area contributed by atoms with E-state index in [-0.39, 0.29) is 13.2 Å². The summed E-state index contributed by atoms with van der Waals surface area (Å²) in [5, 5.41) is 0. The highest BCUT2D eigenvalue weighted by molar-refractivity contribution is 5.67. The lowest BCUT2D eigenvalue weighted by Crippen LogP contribution is -2.28. The molecule has 0 aliphatic carbocycles. The maximum absolute atomic E-state index is 11.6. The summed E-state index contributed by atoms with van der Waals surface area (Å²) in [6.45, 7) is -0.630. The molecule has 0 N–H and O–H groups in total. The smallest absolute Gasteiger partial charge is 0.409 e. The highest BCUT2D eigenvalue weighted by Gasteiger charge is 2.06. The Hall–Kier alpha value is -1.84. The average molecular weight is 237 g/mol.